The molecule has 0 rings (SSSR count). The lowest BCUT2D eigenvalue weighted by atomic mass is 9.99. The van der Waals surface area contributed by atoms with Gasteiger partial charge in [-0.05, 0) is 26.1 Å². The summed E-state index contributed by atoms with van der Waals surface area (Å²) < 4.78 is 4.42. The number of ether oxygens (including phenoxy) is 1. The molecule has 0 spiro atoms. The van der Waals surface area contributed by atoms with Crippen molar-refractivity contribution in [1.82, 2.24) is 4.90 Å². The van der Waals surface area contributed by atoms with Crippen LogP contribution in [0, 0.1) is 5.92 Å². The highest BCUT2D eigenvalue weighted by atomic mass is 16.5. The van der Waals surface area contributed by atoms with Gasteiger partial charge in [0.25, 0.3) is 0 Å². The quantitative estimate of drug-likeness (QED) is 0.624. The summed E-state index contributed by atoms with van der Waals surface area (Å²) in [4.78, 5) is 28.5. The molecule has 5 heteroatoms. The first-order valence-electron chi connectivity index (χ1n) is 6.46. The molecule has 0 aliphatic heterocycles. The predicted molar refractivity (Wildman–Crippen MR) is 72.1 cm³/mol. The van der Waals surface area contributed by atoms with E-state index in [1.54, 1.807) is 0 Å². The first-order valence-corrected chi connectivity index (χ1v) is 6.46. The van der Waals surface area contributed by atoms with Crippen molar-refractivity contribution in [1.29, 1.82) is 0 Å². The number of carbonyl (C=O) groups excluding carboxylic acids is 2. The Morgan fingerprint density at radius 2 is 1.89 bits per heavy atom. The van der Waals surface area contributed by atoms with Crippen LogP contribution in [0.5, 0.6) is 0 Å². The number of rotatable bonds is 8. The van der Waals surface area contributed by atoms with Gasteiger partial charge in [0, 0.05) is 12.6 Å². The van der Waals surface area contributed by atoms with Gasteiger partial charge in [-0.3, -0.25) is 4.79 Å². The Morgan fingerprint density at radius 3 is 2.33 bits per heavy atom. The molecule has 0 aliphatic rings. The Hall–Kier alpha value is -1.23. The highest BCUT2D eigenvalue weighted by molar-refractivity contribution is 5.97. The van der Waals surface area contributed by atoms with E-state index in [1.165, 1.54) is 13.3 Å². The van der Waals surface area contributed by atoms with Crippen molar-refractivity contribution >= 4 is 18.1 Å². The summed E-state index contributed by atoms with van der Waals surface area (Å²) in [5.41, 5.74) is 0. The van der Waals surface area contributed by atoms with Crippen LogP contribution in [-0.2, 0) is 9.53 Å². The van der Waals surface area contributed by atoms with Crippen LogP contribution < -0.4 is 0 Å². The van der Waals surface area contributed by atoms with Gasteiger partial charge in [-0.1, -0.05) is 20.8 Å². The molecule has 0 bridgehead atoms. The minimum atomic E-state index is -0.660. The third-order valence-corrected chi connectivity index (χ3v) is 2.95. The van der Waals surface area contributed by atoms with E-state index in [2.05, 4.69) is 28.5 Å². The van der Waals surface area contributed by atoms with Gasteiger partial charge in [0.05, 0.1) is 13.0 Å². The monoisotopic (exact) mass is 256 g/mol. The zero-order valence-electron chi connectivity index (χ0n) is 11.8. The molecule has 0 N–H and O–H groups in total. The van der Waals surface area contributed by atoms with E-state index in [1.807, 2.05) is 6.92 Å². The number of Topliss-reactive ketones (excluding diaryl/α,β-unsaturated/α-hetero) is 1. The molecule has 0 aromatic rings. The van der Waals surface area contributed by atoms with Crippen molar-refractivity contribution in [3.8, 4) is 0 Å². The zero-order chi connectivity index (χ0) is 14.0. The number of hydrogen-bond donors (Lipinski definition) is 0. The number of nitrogens with zero attached hydrogens (tertiary/aromatic N) is 2. The Balaban J connectivity index is 4.45. The van der Waals surface area contributed by atoms with Gasteiger partial charge in [0.15, 0.2) is 0 Å². The second kappa shape index (κ2) is 9.76. The lowest BCUT2D eigenvalue weighted by Crippen LogP contribution is -2.28. The van der Waals surface area contributed by atoms with Gasteiger partial charge < -0.3 is 9.64 Å². The molecule has 1 unspecified atom stereocenters. The molecule has 0 radical (unpaired) electrons. The third kappa shape index (κ3) is 6.49. The third-order valence-electron chi connectivity index (χ3n) is 2.95. The van der Waals surface area contributed by atoms with Crippen molar-refractivity contribution < 1.29 is 14.3 Å². The molecular formula is C13H24N2O3. The summed E-state index contributed by atoms with van der Waals surface area (Å²) in [6, 6.07) is 0. The number of aliphatic imine (C=N–C) groups is 1. The SMILES string of the molecule is CCC(=O)C(/C=N/C(=O)OC)CCN(CC)CC. The molecule has 0 saturated heterocycles. The molecule has 0 heterocycles. The van der Waals surface area contributed by atoms with Gasteiger partial charge in [0.1, 0.15) is 5.78 Å². The van der Waals surface area contributed by atoms with Crippen molar-refractivity contribution in [2.24, 2.45) is 10.9 Å². The Bertz CT molecular complexity index is 286. The van der Waals surface area contributed by atoms with Crippen LogP contribution in [0.3, 0.4) is 0 Å². The fourth-order valence-corrected chi connectivity index (χ4v) is 1.65. The molecule has 0 aromatic carbocycles. The number of carbonyl (C=O) groups is 2. The molecular weight excluding hydrogens is 232 g/mol. The van der Waals surface area contributed by atoms with Crippen LogP contribution in [0.1, 0.15) is 33.6 Å². The lowest BCUT2D eigenvalue weighted by Gasteiger charge is -2.19. The van der Waals surface area contributed by atoms with E-state index in [9.17, 15) is 9.59 Å². The van der Waals surface area contributed by atoms with Crippen LogP contribution in [0.2, 0.25) is 0 Å². The minimum absolute atomic E-state index is 0.106. The maximum atomic E-state index is 11.7. The van der Waals surface area contributed by atoms with Crippen LogP contribution >= 0.6 is 0 Å². The summed E-state index contributed by atoms with van der Waals surface area (Å²) in [5.74, 6) is -0.190. The largest absolute Gasteiger partial charge is 0.451 e. The Labute approximate surface area is 109 Å². The maximum Gasteiger partial charge on any atom is 0.432 e. The number of amides is 1. The van der Waals surface area contributed by atoms with Crippen molar-refractivity contribution in [2.45, 2.75) is 33.6 Å². The lowest BCUT2D eigenvalue weighted by molar-refractivity contribution is -0.120. The summed E-state index contributed by atoms with van der Waals surface area (Å²) in [6.07, 6.45) is 1.90. The molecule has 0 saturated carbocycles. The van der Waals surface area contributed by atoms with Gasteiger partial charge in [0.2, 0.25) is 0 Å². The molecule has 104 valence electrons. The second-order valence-corrected chi connectivity index (χ2v) is 3.99. The molecule has 5 nitrogen and oxygen atoms in total. The van der Waals surface area contributed by atoms with Crippen molar-refractivity contribution in [3.05, 3.63) is 0 Å². The first-order chi connectivity index (χ1) is 8.58. The van der Waals surface area contributed by atoms with E-state index in [4.69, 9.17) is 0 Å². The van der Waals surface area contributed by atoms with Crippen LogP contribution in [0.15, 0.2) is 4.99 Å². The maximum absolute atomic E-state index is 11.7. The zero-order valence-corrected chi connectivity index (χ0v) is 11.8. The normalized spacial score (nSPS) is 12.9. The summed E-state index contributed by atoms with van der Waals surface area (Å²) in [7, 11) is 1.27. The topological polar surface area (TPSA) is 59.0 Å². The Morgan fingerprint density at radius 1 is 1.28 bits per heavy atom. The number of methoxy groups -OCH3 is 1. The fourth-order valence-electron chi connectivity index (χ4n) is 1.65. The number of hydrogen-bond acceptors (Lipinski definition) is 4. The van der Waals surface area contributed by atoms with Crippen LogP contribution in [0.4, 0.5) is 4.79 Å². The summed E-state index contributed by atoms with van der Waals surface area (Å²) in [5, 5.41) is 0. The van der Waals surface area contributed by atoms with E-state index in [0.717, 1.165) is 19.6 Å². The summed E-state index contributed by atoms with van der Waals surface area (Å²) >= 11 is 0. The smallest absolute Gasteiger partial charge is 0.432 e. The Kier molecular flexibility index (Phi) is 9.10. The molecule has 0 aliphatic carbocycles. The number of ketones is 1. The first kappa shape index (κ1) is 16.8. The summed E-state index contributed by atoms with van der Waals surface area (Å²) in [6.45, 7) is 8.73. The van der Waals surface area contributed by atoms with E-state index in [-0.39, 0.29) is 11.7 Å². The second-order valence-electron chi connectivity index (χ2n) is 3.99. The molecule has 18 heavy (non-hydrogen) atoms. The molecule has 0 aromatic heterocycles. The molecule has 0 fully saturated rings. The van der Waals surface area contributed by atoms with Gasteiger partial charge in [-0.15, -0.1) is 0 Å². The van der Waals surface area contributed by atoms with E-state index in [0.29, 0.717) is 12.8 Å². The molecule has 1 amide bonds. The van der Waals surface area contributed by atoms with Crippen LogP contribution in [0.25, 0.3) is 0 Å². The standard InChI is InChI=1S/C13H24N2O3/c1-5-12(16)11(10-14-13(17)18-4)8-9-15(6-2)7-3/h10-11H,5-9H2,1-4H3/b14-10+. The predicted octanol–water partition coefficient (Wildman–Crippen LogP) is 2.15. The highest BCUT2D eigenvalue weighted by Gasteiger charge is 2.16. The van der Waals surface area contributed by atoms with Gasteiger partial charge in [-0.2, -0.15) is 4.99 Å². The van der Waals surface area contributed by atoms with Gasteiger partial charge in [-0.25, -0.2) is 4.79 Å². The fraction of sp³-hybridized carbons (Fsp3) is 0.769. The minimum Gasteiger partial charge on any atom is -0.451 e. The van der Waals surface area contributed by atoms with Gasteiger partial charge >= 0.3 is 6.09 Å². The van der Waals surface area contributed by atoms with Crippen molar-refractivity contribution in [2.75, 3.05) is 26.7 Å². The van der Waals surface area contributed by atoms with Crippen molar-refractivity contribution in [3.63, 3.8) is 0 Å². The van der Waals surface area contributed by atoms with E-state index >= 15 is 0 Å². The van der Waals surface area contributed by atoms with Crippen LogP contribution in [-0.4, -0.2) is 49.7 Å². The van der Waals surface area contributed by atoms with E-state index < -0.39 is 6.09 Å². The highest BCUT2D eigenvalue weighted by Crippen LogP contribution is 2.07. The molecule has 1 atom stereocenters. The average Bonchev–Trinajstić information content (AvgIpc) is 2.41. The average molecular weight is 256 g/mol.